The molecule has 3 heteroatoms. The number of hydrogen-bond donors (Lipinski definition) is 1. The molecule has 2 nitrogen and oxygen atoms in total. The van der Waals surface area contributed by atoms with E-state index in [2.05, 4.69) is 27.6 Å². The quantitative estimate of drug-likeness (QED) is 0.241. The van der Waals surface area contributed by atoms with Crippen LogP contribution in [-0.4, -0.2) is 10.4 Å². The lowest BCUT2D eigenvalue weighted by atomic mass is 10.5. The highest BCUT2D eigenvalue weighted by molar-refractivity contribution is 14.1. The van der Waals surface area contributed by atoms with E-state index in [1.54, 1.807) is 0 Å². The van der Waals surface area contributed by atoms with Gasteiger partial charge in [-0.25, -0.2) is 0 Å². The van der Waals surface area contributed by atoms with Gasteiger partial charge in [0, 0.05) is 6.42 Å². The highest BCUT2D eigenvalue weighted by atomic mass is 127. The van der Waals surface area contributed by atoms with E-state index in [9.17, 15) is 0 Å². The summed E-state index contributed by atoms with van der Waals surface area (Å²) in [6, 6.07) is 0. The summed E-state index contributed by atoms with van der Waals surface area (Å²) in [6.45, 7) is 1.99. The molecule has 7 heavy (non-hydrogen) atoms. The molecule has 0 bridgehead atoms. The summed E-state index contributed by atoms with van der Waals surface area (Å²) >= 11 is 2.16. The van der Waals surface area contributed by atoms with Crippen molar-refractivity contribution in [2.24, 2.45) is 10.7 Å². The van der Waals surface area contributed by atoms with Crippen molar-refractivity contribution in [1.29, 1.82) is 0 Å². The summed E-state index contributed by atoms with van der Waals surface area (Å²) in [5, 5.41) is 0. The van der Waals surface area contributed by atoms with E-state index in [-0.39, 0.29) is 0 Å². The summed E-state index contributed by atoms with van der Waals surface area (Å²) in [5.74, 6) is 0.745. The minimum Gasteiger partial charge on any atom is -0.387 e. The molecule has 0 amide bonds. The van der Waals surface area contributed by atoms with Gasteiger partial charge in [0.2, 0.25) is 0 Å². The third-order valence-corrected chi connectivity index (χ3v) is 0.966. The average Bonchev–Trinajstić information content (AvgIpc) is 1.68. The standard InChI is InChI=1S/C4H9IN2/c1-2-4(6)7-3-5/h2-3H2,1H3,(H2,6,7). The van der Waals surface area contributed by atoms with E-state index in [0.29, 0.717) is 0 Å². The monoisotopic (exact) mass is 212 g/mol. The van der Waals surface area contributed by atoms with E-state index in [4.69, 9.17) is 5.73 Å². The molecule has 0 aliphatic carbocycles. The van der Waals surface area contributed by atoms with Crippen LogP contribution in [0.4, 0.5) is 0 Å². The number of alkyl halides is 1. The Labute approximate surface area is 57.3 Å². The number of halogens is 1. The van der Waals surface area contributed by atoms with E-state index >= 15 is 0 Å². The van der Waals surface area contributed by atoms with Crippen molar-refractivity contribution in [2.45, 2.75) is 13.3 Å². The van der Waals surface area contributed by atoms with E-state index < -0.39 is 0 Å². The second-order valence-corrected chi connectivity index (χ2v) is 1.80. The molecule has 0 radical (unpaired) electrons. The summed E-state index contributed by atoms with van der Waals surface area (Å²) in [6.07, 6.45) is 0.864. The Morgan fingerprint density at radius 2 is 2.43 bits per heavy atom. The number of hydrogen-bond acceptors (Lipinski definition) is 1. The van der Waals surface area contributed by atoms with Gasteiger partial charge in [-0.1, -0.05) is 29.5 Å². The van der Waals surface area contributed by atoms with Crippen LogP contribution in [0.3, 0.4) is 0 Å². The van der Waals surface area contributed by atoms with Gasteiger partial charge in [0.15, 0.2) is 0 Å². The summed E-state index contributed by atoms with van der Waals surface area (Å²) < 4.78 is 0.775. The minimum atomic E-state index is 0.745. The Balaban J connectivity index is 3.29. The fourth-order valence-corrected chi connectivity index (χ4v) is 0.627. The maximum absolute atomic E-state index is 5.33. The molecule has 0 unspecified atom stereocenters. The van der Waals surface area contributed by atoms with E-state index in [1.807, 2.05) is 6.92 Å². The molecular formula is C4H9IN2. The van der Waals surface area contributed by atoms with Crippen LogP contribution in [0.1, 0.15) is 13.3 Å². The highest BCUT2D eigenvalue weighted by Gasteiger charge is 1.79. The number of nitrogens with two attached hydrogens (primary N) is 1. The van der Waals surface area contributed by atoms with Gasteiger partial charge in [-0.05, 0) is 0 Å². The topological polar surface area (TPSA) is 38.4 Å². The first kappa shape index (κ1) is 7.20. The third-order valence-electron chi connectivity index (χ3n) is 0.625. The Bertz CT molecular complexity index is 70.1. The molecule has 0 aromatic rings. The van der Waals surface area contributed by atoms with Crippen LogP contribution in [-0.2, 0) is 0 Å². The van der Waals surface area contributed by atoms with Crippen LogP contribution in [0.25, 0.3) is 0 Å². The third kappa shape index (κ3) is 4.04. The van der Waals surface area contributed by atoms with Crippen LogP contribution in [0, 0.1) is 0 Å². The van der Waals surface area contributed by atoms with Gasteiger partial charge in [0.05, 0.1) is 10.4 Å². The van der Waals surface area contributed by atoms with Crippen molar-refractivity contribution in [3.05, 3.63) is 0 Å². The maximum Gasteiger partial charge on any atom is 0.0943 e. The molecular weight excluding hydrogens is 203 g/mol. The second kappa shape index (κ2) is 4.36. The first-order valence-electron chi connectivity index (χ1n) is 2.16. The molecule has 0 aliphatic rings. The number of aliphatic imine (C=N–C) groups is 1. The molecule has 2 N–H and O–H groups in total. The molecule has 0 aliphatic heterocycles. The van der Waals surface area contributed by atoms with Crippen molar-refractivity contribution in [2.75, 3.05) is 4.55 Å². The van der Waals surface area contributed by atoms with Gasteiger partial charge in [-0.15, -0.1) is 0 Å². The Morgan fingerprint density at radius 1 is 1.86 bits per heavy atom. The van der Waals surface area contributed by atoms with Gasteiger partial charge in [-0.2, -0.15) is 0 Å². The summed E-state index contributed by atoms with van der Waals surface area (Å²) in [7, 11) is 0. The van der Waals surface area contributed by atoms with Gasteiger partial charge in [0.25, 0.3) is 0 Å². The molecule has 0 aromatic carbocycles. The lowest BCUT2D eigenvalue weighted by molar-refractivity contribution is 1.21. The van der Waals surface area contributed by atoms with Crippen molar-refractivity contribution in [3.8, 4) is 0 Å². The Kier molecular flexibility index (Phi) is 4.49. The van der Waals surface area contributed by atoms with E-state index in [0.717, 1.165) is 16.8 Å². The largest absolute Gasteiger partial charge is 0.387 e. The Hall–Kier alpha value is 0.200. The zero-order chi connectivity index (χ0) is 5.70. The molecule has 0 spiro atoms. The molecule has 0 saturated carbocycles. The number of nitrogens with zero attached hydrogens (tertiary/aromatic N) is 1. The lowest BCUT2D eigenvalue weighted by Crippen LogP contribution is -2.08. The minimum absolute atomic E-state index is 0.745. The molecule has 0 saturated heterocycles. The van der Waals surface area contributed by atoms with Crippen molar-refractivity contribution in [1.82, 2.24) is 0 Å². The smallest absolute Gasteiger partial charge is 0.0943 e. The maximum atomic E-state index is 5.33. The van der Waals surface area contributed by atoms with E-state index in [1.165, 1.54) is 0 Å². The van der Waals surface area contributed by atoms with Gasteiger partial charge in [0.1, 0.15) is 0 Å². The average molecular weight is 212 g/mol. The van der Waals surface area contributed by atoms with Crippen molar-refractivity contribution < 1.29 is 0 Å². The van der Waals surface area contributed by atoms with Gasteiger partial charge in [-0.3, -0.25) is 4.99 Å². The van der Waals surface area contributed by atoms with Crippen LogP contribution in [0.5, 0.6) is 0 Å². The fourth-order valence-electron chi connectivity index (χ4n) is 0.189. The summed E-state index contributed by atoms with van der Waals surface area (Å²) in [4.78, 5) is 3.92. The molecule has 0 atom stereocenters. The molecule has 0 fully saturated rings. The fraction of sp³-hybridized carbons (Fsp3) is 0.750. The number of rotatable bonds is 2. The molecule has 0 heterocycles. The lowest BCUT2D eigenvalue weighted by Gasteiger charge is -1.88. The van der Waals surface area contributed by atoms with Crippen LogP contribution in [0.15, 0.2) is 4.99 Å². The summed E-state index contributed by atoms with van der Waals surface area (Å²) in [5.41, 5.74) is 5.33. The molecule has 0 aromatic heterocycles. The highest BCUT2D eigenvalue weighted by Crippen LogP contribution is 1.83. The van der Waals surface area contributed by atoms with Crippen molar-refractivity contribution in [3.63, 3.8) is 0 Å². The van der Waals surface area contributed by atoms with Gasteiger partial charge < -0.3 is 5.73 Å². The Morgan fingerprint density at radius 3 is 2.57 bits per heavy atom. The zero-order valence-corrected chi connectivity index (χ0v) is 6.47. The van der Waals surface area contributed by atoms with Crippen LogP contribution < -0.4 is 5.73 Å². The molecule has 0 rings (SSSR count). The van der Waals surface area contributed by atoms with Gasteiger partial charge >= 0.3 is 0 Å². The molecule has 42 valence electrons. The predicted octanol–water partition coefficient (Wildman–Crippen LogP) is 1.15. The first-order chi connectivity index (χ1) is 3.31. The predicted molar refractivity (Wildman–Crippen MR) is 40.8 cm³/mol. The second-order valence-electron chi connectivity index (χ2n) is 1.12. The van der Waals surface area contributed by atoms with Crippen molar-refractivity contribution >= 4 is 28.4 Å². The van der Waals surface area contributed by atoms with Crippen LogP contribution in [0.2, 0.25) is 0 Å². The van der Waals surface area contributed by atoms with Crippen LogP contribution >= 0.6 is 22.6 Å². The normalized spacial score (nSPS) is 12.0. The first-order valence-corrected chi connectivity index (χ1v) is 3.68. The SMILES string of the molecule is CCC(N)=NCI. The zero-order valence-electron chi connectivity index (χ0n) is 4.32. The number of amidine groups is 1.